The number of hydrogen-bond acceptors (Lipinski definition) is 5. The van der Waals surface area contributed by atoms with Gasteiger partial charge < -0.3 is 19.2 Å². The maximum Gasteiger partial charge on any atom is 0.224 e. The number of anilines is 1. The van der Waals surface area contributed by atoms with E-state index in [-0.39, 0.29) is 12.3 Å². The molecule has 0 aliphatic rings. The summed E-state index contributed by atoms with van der Waals surface area (Å²) in [7, 11) is 1.62. The number of oxazole rings is 1. The SMILES string of the molecule is COc1ccc(-c2cnc(CCC(=O)Nc3cc(Cl)ccc3Oc3ccccc3)o2)cc1. The topological polar surface area (TPSA) is 73.6 Å². The summed E-state index contributed by atoms with van der Waals surface area (Å²) in [5.41, 5.74) is 1.38. The second kappa shape index (κ2) is 10.0. The van der Waals surface area contributed by atoms with Crippen LogP contribution in [0.2, 0.25) is 5.02 Å². The van der Waals surface area contributed by atoms with Gasteiger partial charge in [-0.05, 0) is 54.6 Å². The van der Waals surface area contributed by atoms with Crippen molar-refractivity contribution in [2.24, 2.45) is 0 Å². The first-order valence-electron chi connectivity index (χ1n) is 10.0. The quantitative estimate of drug-likeness (QED) is 0.339. The van der Waals surface area contributed by atoms with Crippen molar-refractivity contribution in [3.8, 4) is 28.6 Å². The van der Waals surface area contributed by atoms with Gasteiger partial charge in [0.15, 0.2) is 17.4 Å². The highest BCUT2D eigenvalue weighted by molar-refractivity contribution is 6.31. The molecule has 1 N–H and O–H groups in total. The highest BCUT2D eigenvalue weighted by Gasteiger charge is 2.13. The zero-order chi connectivity index (χ0) is 22.3. The van der Waals surface area contributed by atoms with Crippen LogP contribution in [-0.4, -0.2) is 18.0 Å². The third-order valence-corrected chi connectivity index (χ3v) is 4.92. The maximum absolute atomic E-state index is 12.6. The highest BCUT2D eigenvalue weighted by Crippen LogP contribution is 2.32. The summed E-state index contributed by atoms with van der Waals surface area (Å²) in [6.45, 7) is 0. The molecule has 0 aliphatic carbocycles. The minimum Gasteiger partial charge on any atom is -0.497 e. The number of aromatic nitrogens is 1. The molecule has 0 atom stereocenters. The lowest BCUT2D eigenvalue weighted by atomic mass is 10.2. The summed E-state index contributed by atoms with van der Waals surface area (Å²) in [6, 6.07) is 21.9. The molecule has 1 heterocycles. The van der Waals surface area contributed by atoms with E-state index in [1.807, 2.05) is 54.6 Å². The van der Waals surface area contributed by atoms with E-state index in [9.17, 15) is 4.79 Å². The molecular weight excluding hydrogens is 428 g/mol. The van der Waals surface area contributed by atoms with E-state index < -0.39 is 0 Å². The normalized spacial score (nSPS) is 10.6. The maximum atomic E-state index is 12.6. The van der Waals surface area contributed by atoms with Gasteiger partial charge in [0.2, 0.25) is 5.91 Å². The molecule has 0 spiro atoms. The minimum atomic E-state index is -0.200. The van der Waals surface area contributed by atoms with E-state index in [1.165, 1.54) is 0 Å². The smallest absolute Gasteiger partial charge is 0.224 e. The van der Waals surface area contributed by atoms with E-state index >= 15 is 0 Å². The Labute approximate surface area is 190 Å². The van der Waals surface area contributed by atoms with Crippen LogP contribution in [0, 0.1) is 0 Å². The fourth-order valence-corrected chi connectivity index (χ4v) is 3.22. The van der Waals surface area contributed by atoms with Gasteiger partial charge in [0.05, 0.1) is 19.0 Å². The first kappa shape index (κ1) is 21.5. The molecule has 0 bridgehead atoms. The van der Waals surface area contributed by atoms with Crippen molar-refractivity contribution in [1.29, 1.82) is 0 Å². The largest absolute Gasteiger partial charge is 0.497 e. The van der Waals surface area contributed by atoms with Crippen LogP contribution in [0.15, 0.2) is 83.4 Å². The Morgan fingerprint density at radius 3 is 2.56 bits per heavy atom. The van der Waals surface area contributed by atoms with Crippen LogP contribution in [0.4, 0.5) is 5.69 Å². The van der Waals surface area contributed by atoms with E-state index in [2.05, 4.69) is 10.3 Å². The Morgan fingerprint density at radius 1 is 1.03 bits per heavy atom. The Kier molecular flexibility index (Phi) is 6.72. The summed E-state index contributed by atoms with van der Waals surface area (Å²) in [5.74, 6) is 2.86. The van der Waals surface area contributed by atoms with E-state index in [0.29, 0.717) is 40.3 Å². The first-order chi connectivity index (χ1) is 15.6. The van der Waals surface area contributed by atoms with Gasteiger partial charge in [-0.1, -0.05) is 29.8 Å². The molecule has 6 nitrogen and oxygen atoms in total. The second-order valence-corrected chi connectivity index (χ2v) is 7.39. The average Bonchev–Trinajstić information content (AvgIpc) is 3.29. The number of hydrogen-bond donors (Lipinski definition) is 1. The molecule has 3 aromatic carbocycles. The van der Waals surface area contributed by atoms with Gasteiger partial charge >= 0.3 is 0 Å². The van der Waals surface area contributed by atoms with Gasteiger partial charge in [0, 0.05) is 23.4 Å². The standard InChI is InChI=1S/C25H21ClN2O4/c1-30-19-10-7-17(8-11-19)23-16-27-25(32-23)14-13-24(29)28-21-15-18(26)9-12-22(21)31-20-5-3-2-4-6-20/h2-12,15-16H,13-14H2,1H3,(H,28,29). The van der Waals surface area contributed by atoms with Gasteiger partial charge in [-0.3, -0.25) is 4.79 Å². The lowest BCUT2D eigenvalue weighted by Crippen LogP contribution is -2.13. The molecule has 4 aromatic rings. The van der Waals surface area contributed by atoms with Gasteiger partial charge in [-0.2, -0.15) is 0 Å². The number of amides is 1. The molecule has 0 fully saturated rings. The molecule has 0 unspecified atom stereocenters. The van der Waals surface area contributed by atoms with Crippen molar-refractivity contribution in [3.05, 3.63) is 89.9 Å². The number of carbonyl (C=O) groups excluding carboxylic acids is 1. The molecule has 4 rings (SSSR count). The van der Waals surface area contributed by atoms with E-state index in [4.69, 9.17) is 25.5 Å². The zero-order valence-corrected chi connectivity index (χ0v) is 18.1. The summed E-state index contributed by atoms with van der Waals surface area (Å²) in [5, 5.41) is 3.36. The number of nitrogens with zero attached hydrogens (tertiary/aromatic N) is 1. The number of aryl methyl sites for hydroxylation is 1. The molecule has 162 valence electrons. The lowest BCUT2D eigenvalue weighted by molar-refractivity contribution is -0.116. The summed E-state index contributed by atoms with van der Waals surface area (Å²) < 4.78 is 16.8. The fraction of sp³-hybridized carbons (Fsp3) is 0.120. The zero-order valence-electron chi connectivity index (χ0n) is 17.4. The number of carbonyl (C=O) groups is 1. The summed E-state index contributed by atoms with van der Waals surface area (Å²) in [6.07, 6.45) is 2.20. The van der Waals surface area contributed by atoms with Crippen LogP contribution in [-0.2, 0) is 11.2 Å². The highest BCUT2D eigenvalue weighted by atomic mass is 35.5. The molecule has 1 amide bonds. The fourth-order valence-electron chi connectivity index (χ4n) is 3.05. The van der Waals surface area contributed by atoms with Crippen molar-refractivity contribution in [1.82, 2.24) is 4.98 Å². The molecule has 0 radical (unpaired) electrons. The molecule has 0 aliphatic heterocycles. The Morgan fingerprint density at radius 2 is 1.81 bits per heavy atom. The van der Waals surface area contributed by atoms with Gasteiger partial charge in [-0.25, -0.2) is 4.98 Å². The van der Waals surface area contributed by atoms with Crippen LogP contribution >= 0.6 is 11.6 Å². The Balaban J connectivity index is 1.38. The number of halogens is 1. The van der Waals surface area contributed by atoms with E-state index in [0.717, 1.165) is 11.3 Å². The molecule has 1 aromatic heterocycles. The van der Waals surface area contributed by atoms with Crippen molar-refractivity contribution in [2.45, 2.75) is 12.8 Å². The molecule has 0 saturated carbocycles. The second-order valence-electron chi connectivity index (χ2n) is 6.95. The van der Waals surface area contributed by atoms with Crippen LogP contribution in [0.3, 0.4) is 0 Å². The van der Waals surface area contributed by atoms with Crippen LogP contribution in [0.1, 0.15) is 12.3 Å². The molecule has 32 heavy (non-hydrogen) atoms. The monoisotopic (exact) mass is 448 g/mol. The van der Waals surface area contributed by atoms with Crippen molar-refractivity contribution < 1.29 is 18.7 Å². The van der Waals surface area contributed by atoms with Crippen molar-refractivity contribution in [3.63, 3.8) is 0 Å². The molecule has 7 heteroatoms. The predicted octanol–water partition coefficient (Wildman–Crippen LogP) is 6.37. The Bertz CT molecular complexity index is 1190. The van der Waals surface area contributed by atoms with Crippen LogP contribution < -0.4 is 14.8 Å². The van der Waals surface area contributed by atoms with Crippen LogP contribution in [0.25, 0.3) is 11.3 Å². The minimum absolute atomic E-state index is 0.194. The molecule has 0 saturated heterocycles. The number of nitrogens with one attached hydrogen (secondary N) is 1. The third-order valence-electron chi connectivity index (χ3n) is 4.68. The first-order valence-corrected chi connectivity index (χ1v) is 10.4. The predicted molar refractivity (Wildman–Crippen MR) is 123 cm³/mol. The van der Waals surface area contributed by atoms with Crippen LogP contribution in [0.5, 0.6) is 17.2 Å². The lowest BCUT2D eigenvalue weighted by Gasteiger charge is -2.12. The number of benzene rings is 3. The van der Waals surface area contributed by atoms with Gasteiger partial charge in [-0.15, -0.1) is 0 Å². The van der Waals surface area contributed by atoms with Gasteiger partial charge in [0.1, 0.15) is 11.5 Å². The van der Waals surface area contributed by atoms with Crippen molar-refractivity contribution in [2.75, 3.05) is 12.4 Å². The summed E-state index contributed by atoms with van der Waals surface area (Å²) >= 11 is 6.12. The average molecular weight is 449 g/mol. The number of ether oxygens (including phenoxy) is 2. The Hall–Kier alpha value is -3.77. The number of para-hydroxylation sites is 1. The van der Waals surface area contributed by atoms with E-state index in [1.54, 1.807) is 31.5 Å². The number of rotatable bonds is 8. The van der Waals surface area contributed by atoms with Gasteiger partial charge in [0.25, 0.3) is 0 Å². The molecular formula is C25H21ClN2O4. The number of methoxy groups -OCH3 is 1. The third kappa shape index (κ3) is 5.47. The summed E-state index contributed by atoms with van der Waals surface area (Å²) in [4.78, 5) is 16.8. The van der Waals surface area contributed by atoms with Crippen molar-refractivity contribution >= 4 is 23.2 Å².